The molecule has 2 amide bonds. The smallest absolute Gasteiger partial charge is 0.411 e. The summed E-state index contributed by atoms with van der Waals surface area (Å²) in [6.07, 6.45) is 2.63. The van der Waals surface area contributed by atoms with Crippen LogP contribution in [0.3, 0.4) is 0 Å². The Labute approximate surface area is 140 Å². The minimum atomic E-state index is -0.544. The third kappa shape index (κ3) is 4.64. The number of carbonyl (C=O) groups is 2. The minimum absolute atomic E-state index is 0.152. The summed E-state index contributed by atoms with van der Waals surface area (Å²) in [4.78, 5) is 23.5. The molecule has 0 atom stereocenters. The predicted molar refractivity (Wildman–Crippen MR) is 92.6 cm³/mol. The SMILES string of the molecule is C=CCOC(=O)Nc1ccc(CNC(=O)c2cc(N)cn2C)cc1. The average molecular weight is 328 g/mol. The molecule has 0 bridgehead atoms. The Kier molecular flexibility index (Phi) is 5.62. The fraction of sp³-hybridized carbons (Fsp3) is 0.176. The van der Waals surface area contributed by atoms with E-state index in [1.165, 1.54) is 6.08 Å². The molecule has 7 heteroatoms. The van der Waals surface area contributed by atoms with Crippen molar-refractivity contribution in [1.82, 2.24) is 9.88 Å². The van der Waals surface area contributed by atoms with Crippen LogP contribution in [0.25, 0.3) is 0 Å². The van der Waals surface area contributed by atoms with Crippen LogP contribution >= 0.6 is 0 Å². The lowest BCUT2D eigenvalue weighted by molar-refractivity contribution is 0.0942. The zero-order valence-electron chi connectivity index (χ0n) is 13.4. The van der Waals surface area contributed by atoms with Crippen LogP contribution < -0.4 is 16.4 Å². The Hall–Kier alpha value is -3.22. The number of benzene rings is 1. The monoisotopic (exact) mass is 328 g/mol. The molecule has 1 heterocycles. The van der Waals surface area contributed by atoms with Crippen molar-refractivity contribution >= 4 is 23.4 Å². The fourth-order valence-electron chi connectivity index (χ4n) is 2.08. The summed E-state index contributed by atoms with van der Waals surface area (Å²) >= 11 is 0. The highest BCUT2D eigenvalue weighted by Gasteiger charge is 2.10. The van der Waals surface area contributed by atoms with Gasteiger partial charge in [-0.2, -0.15) is 0 Å². The molecule has 0 spiro atoms. The van der Waals surface area contributed by atoms with Gasteiger partial charge in [-0.3, -0.25) is 10.1 Å². The number of carbonyl (C=O) groups excluding carboxylic acids is 2. The van der Waals surface area contributed by atoms with Gasteiger partial charge in [-0.25, -0.2) is 4.79 Å². The normalized spacial score (nSPS) is 10.0. The lowest BCUT2D eigenvalue weighted by Gasteiger charge is -2.08. The van der Waals surface area contributed by atoms with Crippen molar-refractivity contribution < 1.29 is 14.3 Å². The van der Waals surface area contributed by atoms with Gasteiger partial charge in [0.15, 0.2) is 0 Å². The first kappa shape index (κ1) is 17.1. The van der Waals surface area contributed by atoms with E-state index in [2.05, 4.69) is 17.2 Å². The molecule has 0 fully saturated rings. The van der Waals surface area contributed by atoms with Crippen molar-refractivity contribution in [3.8, 4) is 0 Å². The van der Waals surface area contributed by atoms with Crippen molar-refractivity contribution in [2.24, 2.45) is 7.05 Å². The van der Waals surface area contributed by atoms with Crippen LogP contribution in [0.1, 0.15) is 16.1 Å². The Morgan fingerprint density at radius 2 is 2.04 bits per heavy atom. The molecule has 7 nitrogen and oxygen atoms in total. The number of rotatable bonds is 6. The Morgan fingerprint density at radius 3 is 2.62 bits per heavy atom. The summed E-state index contributed by atoms with van der Waals surface area (Å²) in [5, 5.41) is 5.41. The third-order valence-electron chi connectivity index (χ3n) is 3.24. The van der Waals surface area contributed by atoms with Crippen molar-refractivity contribution in [2.75, 3.05) is 17.7 Å². The zero-order valence-corrected chi connectivity index (χ0v) is 13.4. The van der Waals surface area contributed by atoms with E-state index in [1.807, 2.05) is 12.1 Å². The molecule has 1 aromatic heterocycles. The number of nitrogens with two attached hydrogens (primary N) is 1. The van der Waals surface area contributed by atoms with Crippen molar-refractivity contribution in [1.29, 1.82) is 0 Å². The Balaban J connectivity index is 1.87. The summed E-state index contributed by atoms with van der Waals surface area (Å²) in [5.74, 6) is -0.204. The van der Waals surface area contributed by atoms with Gasteiger partial charge in [0.25, 0.3) is 5.91 Å². The maximum atomic E-state index is 12.1. The number of hydrogen-bond acceptors (Lipinski definition) is 4. The Morgan fingerprint density at radius 1 is 1.33 bits per heavy atom. The van der Waals surface area contributed by atoms with E-state index in [0.29, 0.717) is 23.6 Å². The molecule has 2 rings (SSSR count). The first-order valence-electron chi connectivity index (χ1n) is 7.33. The van der Waals surface area contributed by atoms with Gasteiger partial charge in [0.1, 0.15) is 12.3 Å². The van der Waals surface area contributed by atoms with E-state index < -0.39 is 6.09 Å². The highest BCUT2D eigenvalue weighted by Crippen LogP contribution is 2.11. The molecule has 0 radical (unpaired) electrons. The maximum absolute atomic E-state index is 12.1. The van der Waals surface area contributed by atoms with Crippen LogP contribution in [0.15, 0.2) is 49.2 Å². The second-order valence-electron chi connectivity index (χ2n) is 5.16. The molecule has 126 valence electrons. The van der Waals surface area contributed by atoms with Gasteiger partial charge in [-0.15, -0.1) is 0 Å². The molecule has 0 aliphatic carbocycles. The summed E-state index contributed by atoms with van der Waals surface area (Å²) in [6, 6.07) is 8.71. The van der Waals surface area contributed by atoms with Crippen molar-refractivity contribution in [3.05, 3.63) is 60.4 Å². The predicted octanol–water partition coefficient (Wildman–Crippen LogP) is 2.27. The second-order valence-corrected chi connectivity index (χ2v) is 5.16. The molecule has 2 aromatic rings. The van der Waals surface area contributed by atoms with E-state index in [-0.39, 0.29) is 12.5 Å². The standard InChI is InChI=1S/C17H20N4O3/c1-3-8-24-17(23)20-14-6-4-12(5-7-14)10-19-16(22)15-9-13(18)11-21(15)2/h3-7,9,11H,1,8,10,18H2,2H3,(H,19,22)(H,20,23). The molecule has 0 saturated heterocycles. The van der Waals surface area contributed by atoms with Crippen molar-refractivity contribution in [3.63, 3.8) is 0 Å². The molecule has 0 saturated carbocycles. The van der Waals surface area contributed by atoms with E-state index in [4.69, 9.17) is 10.5 Å². The quantitative estimate of drug-likeness (QED) is 0.708. The molecule has 1 aromatic carbocycles. The number of amides is 2. The number of nitrogens with one attached hydrogen (secondary N) is 2. The largest absolute Gasteiger partial charge is 0.445 e. The van der Waals surface area contributed by atoms with Gasteiger partial charge in [0.05, 0.1) is 5.69 Å². The number of aryl methyl sites for hydroxylation is 1. The van der Waals surface area contributed by atoms with Gasteiger partial charge in [0, 0.05) is 25.5 Å². The number of hydrogen-bond donors (Lipinski definition) is 3. The van der Waals surface area contributed by atoms with E-state index in [9.17, 15) is 9.59 Å². The first-order chi connectivity index (χ1) is 11.5. The topological polar surface area (TPSA) is 98.4 Å². The highest BCUT2D eigenvalue weighted by atomic mass is 16.5. The van der Waals surface area contributed by atoms with Crippen LogP contribution in [0.5, 0.6) is 0 Å². The van der Waals surface area contributed by atoms with E-state index in [1.54, 1.807) is 36.0 Å². The van der Waals surface area contributed by atoms with Crippen LogP contribution in [-0.4, -0.2) is 23.2 Å². The lowest BCUT2D eigenvalue weighted by atomic mass is 10.2. The van der Waals surface area contributed by atoms with Gasteiger partial charge in [-0.05, 0) is 23.8 Å². The number of nitrogens with zero attached hydrogens (tertiary/aromatic N) is 1. The number of ether oxygens (including phenoxy) is 1. The molecular weight excluding hydrogens is 308 g/mol. The third-order valence-corrected chi connectivity index (χ3v) is 3.24. The van der Waals surface area contributed by atoms with Crippen LogP contribution in [0.2, 0.25) is 0 Å². The summed E-state index contributed by atoms with van der Waals surface area (Å²) in [7, 11) is 1.76. The molecule has 0 unspecified atom stereocenters. The highest BCUT2D eigenvalue weighted by molar-refractivity contribution is 5.93. The molecule has 4 N–H and O–H groups in total. The van der Waals surface area contributed by atoms with E-state index >= 15 is 0 Å². The molecule has 0 aliphatic rings. The minimum Gasteiger partial charge on any atom is -0.445 e. The molecule has 0 aliphatic heterocycles. The fourth-order valence-corrected chi connectivity index (χ4v) is 2.08. The zero-order chi connectivity index (χ0) is 17.5. The molecule has 24 heavy (non-hydrogen) atoms. The summed E-state index contributed by atoms with van der Waals surface area (Å²) in [5.41, 5.74) is 8.20. The van der Waals surface area contributed by atoms with Crippen LogP contribution in [0, 0.1) is 0 Å². The summed E-state index contributed by atoms with van der Waals surface area (Å²) < 4.78 is 6.50. The molecular formula is C17H20N4O3. The number of nitrogen functional groups attached to an aromatic ring is 1. The Bertz CT molecular complexity index is 735. The van der Waals surface area contributed by atoms with Gasteiger partial charge in [-0.1, -0.05) is 24.8 Å². The number of aromatic nitrogens is 1. The second kappa shape index (κ2) is 7.87. The summed E-state index contributed by atoms with van der Waals surface area (Å²) in [6.45, 7) is 3.99. The lowest BCUT2D eigenvalue weighted by Crippen LogP contribution is -2.24. The average Bonchev–Trinajstić information content (AvgIpc) is 2.90. The van der Waals surface area contributed by atoms with Crippen molar-refractivity contribution in [2.45, 2.75) is 6.54 Å². The first-order valence-corrected chi connectivity index (χ1v) is 7.33. The maximum Gasteiger partial charge on any atom is 0.411 e. The van der Waals surface area contributed by atoms with Crippen LogP contribution in [0.4, 0.5) is 16.2 Å². The van der Waals surface area contributed by atoms with Crippen LogP contribution in [-0.2, 0) is 18.3 Å². The van der Waals surface area contributed by atoms with E-state index in [0.717, 1.165) is 5.56 Å². The van der Waals surface area contributed by atoms with Gasteiger partial charge >= 0.3 is 6.09 Å². The van der Waals surface area contributed by atoms with Gasteiger partial charge in [0.2, 0.25) is 0 Å². The number of anilines is 2. The van der Waals surface area contributed by atoms with Gasteiger partial charge < -0.3 is 20.4 Å².